The first kappa shape index (κ1) is 24.8. The molecule has 1 amide bonds. The highest BCUT2D eigenvalue weighted by Crippen LogP contribution is 2.15. The Kier molecular flexibility index (Phi) is 9.72. The molecule has 0 radical (unpaired) electrons. The highest BCUT2D eigenvalue weighted by Gasteiger charge is 2.30. The van der Waals surface area contributed by atoms with E-state index >= 15 is 0 Å². The minimum Gasteiger partial charge on any atom is -0.357 e. The molecule has 8 nitrogen and oxygen atoms in total. The largest absolute Gasteiger partial charge is 0.357 e. The number of alkyl halides is 2. The average Bonchev–Trinajstić information content (AvgIpc) is 3.42. The van der Waals surface area contributed by atoms with E-state index < -0.39 is 6.55 Å². The van der Waals surface area contributed by atoms with Gasteiger partial charge in [-0.3, -0.25) is 14.3 Å². The third-order valence-corrected chi connectivity index (χ3v) is 5.60. The van der Waals surface area contributed by atoms with Crippen LogP contribution in [0, 0.1) is 0 Å². The van der Waals surface area contributed by atoms with Crippen LogP contribution in [0.5, 0.6) is 0 Å². The van der Waals surface area contributed by atoms with Gasteiger partial charge in [-0.2, -0.15) is 8.78 Å². The molecule has 0 aliphatic carbocycles. The van der Waals surface area contributed by atoms with E-state index in [1.807, 2.05) is 18.7 Å². The van der Waals surface area contributed by atoms with Crippen LogP contribution < -0.4 is 5.32 Å². The van der Waals surface area contributed by atoms with E-state index in [9.17, 15) is 13.6 Å². The molecule has 3 rings (SSSR count). The van der Waals surface area contributed by atoms with Gasteiger partial charge in [0.2, 0.25) is 5.91 Å². The minimum absolute atomic E-state index is 0. The predicted octanol–water partition coefficient (Wildman–Crippen LogP) is 1.99. The maximum atomic E-state index is 13.0. The van der Waals surface area contributed by atoms with Gasteiger partial charge in [-0.15, -0.1) is 24.0 Å². The van der Waals surface area contributed by atoms with Crippen molar-refractivity contribution >= 4 is 35.8 Å². The van der Waals surface area contributed by atoms with Gasteiger partial charge in [0.05, 0.1) is 6.04 Å². The van der Waals surface area contributed by atoms with Gasteiger partial charge in [0, 0.05) is 58.2 Å². The van der Waals surface area contributed by atoms with Gasteiger partial charge in [-0.25, -0.2) is 9.98 Å². The number of hydrogen-bond acceptors (Lipinski definition) is 4. The summed E-state index contributed by atoms with van der Waals surface area (Å²) in [5, 5.41) is 3.23. The first-order valence-corrected chi connectivity index (χ1v) is 10.4. The highest BCUT2D eigenvalue weighted by atomic mass is 127. The van der Waals surface area contributed by atoms with Gasteiger partial charge < -0.3 is 15.1 Å². The lowest BCUT2D eigenvalue weighted by Crippen LogP contribution is -2.57. The number of hydrogen-bond donors (Lipinski definition) is 1. The Hall–Kier alpha value is -1.50. The second-order valence-corrected chi connectivity index (χ2v) is 7.43. The number of likely N-dealkylation sites (tertiary alicyclic amines) is 1. The lowest BCUT2D eigenvalue weighted by atomic mass is 10.2. The van der Waals surface area contributed by atoms with Crippen molar-refractivity contribution in [1.82, 2.24) is 29.6 Å². The van der Waals surface area contributed by atoms with Crippen LogP contribution in [0.1, 0.15) is 39.1 Å². The molecule has 2 aliphatic rings. The molecule has 0 spiro atoms. The molecular weight excluding hydrogens is 507 g/mol. The van der Waals surface area contributed by atoms with Crippen molar-refractivity contribution in [2.75, 3.05) is 45.8 Å². The maximum absolute atomic E-state index is 13.0. The van der Waals surface area contributed by atoms with Crippen molar-refractivity contribution in [3.8, 4) is 0 Å². The molecule has 2 aliphatic heterocycles. The number of aromatic nitrogens is 2. The van der Waals surface area contributed by atoms with Crippen LogP contribution in [0.2, 0.25) is 0 Å². The molecule has 3 heterocycles. The number of aliphatic imine (C=N–C) groups is 1. The Morgan fingerprint density at radius 2 is 1.83 bits per heavy atom. The lowest BCUT2D eigenvalue weighted by molar-refractivity contribution is -0.135. The van der Waals surface area contributed by atoms with Gasteiger partial charge in [0.15, 0.2) is 5.96 Å². The van der Waals surface area contributed by atoms with Crippen molar-refractivity contribution in [3.05, 3.63) is 18.2 Å². The Bertz CT molecular complexity index is 701. The molecular formula is C19H32F2IN7O. The summed E-state index contributed by atoms with van der Waals surface area (Å²) < 4.78 is 26.8. The summed E-state index contributed by atoms with van der Waals surface area (Å²) in [5.74, 6) is 1.14. The number of halogens is 3. The summed E-state index contributed by atoms with van der Waals surface area (Å²) >= 11 is 0. The fourth-order valence-electron chi connectivity index (χ4n) is 3.89. The first-order chi connectivity index (χ1) is 14.0. The molecule has 11 heteroatoms. The summed E-state index contributed by atoms with van der Waals surface area (Å²) in [7, 11) is 0. The van der Waals surface area contributed by atoms with Gasteiger partial charge >= 0.3 is 6.55 Å². The molecule has 0 saturated carbocycles. The van der Waals surface area contributed by atoms with Crippen molar-refractivity contribution in [3.63, 3.8) is 0 Å². The van der Waals surface area contributed by atoms with E-state index in [-0.39, 0.29) is 48.3 Å². The molecule has 1 unspecified atom stereocenters. The van der Waals surface area contributed by atoms with Crippen LogP contribution in [0.3, 0.4) is 0 Å². The summed E-state index contributed by atoms with van der Waals surface area (Å²) in [4.78, 5) is 27.4. The normalized spacial score (nSPS) is 19.2. The summed E-state index contributed by atoms with van der Waals surface area (Å²) in [5.41, 5.74) is 0. The fourth-order valence-corrected chi connectivity index (χ4v) is 3.89. The monoisotopic (exact) mass is 539 g/mol. The molecule has 1 aromatic heterocycles. The molecule has 1 aromatic rings. The van der Waals surface area contributed by atoms with Crippen LogP contribution in [0.15, 0.2) is 17.4 Å². The topological polar surface area (TPSA) is 69.0 Å². The zero-order chi connectivity index (χ0) is 20.8. The van der Waals surface area contributed by atoms with Crippen molar-refractivity contribution < 1.29 is 13.6 Å². The number of nitrogens with one attached hydrogen (secondary N) is 1. The number of amides is 1. The average molecular weight is 539 g/mol. The van der Waals surface area contributed by atoms with Gasteiger partial charge in [-0.1, -0.05) is 0 Å². The molecule has 30 heavy (non-hydrogen) atoms. The van der Waals surface area contributed by atoms with Gasteiger partial charge in [0.25, 0.3) is 0 Å². The Morgan fingerprint density at radius 1 is 1.17 bits per heavy atom. The van der Waals surface area contributed by atoms with Crippen LogP contribution in [-0.2, 0) is 11.3 Å². The smallest absolute Gasteiger partial charge is 0.319 e. The van der Waals surface area contributed by atoms with E-state index in [1.54, 1.807) is 0 Å². The molecule has 1 N–H and O–H groups in total. The van der Waals surface area contributed by atoms with E-state index in [2.05, 4.69) is 25.1 Å². The third kappa shape index (κ3) is 6.02. The number of nitrogens with zero attached hydrogens (tertiary/aromatic N) is 6. The number of rotatable bonds is 6. The Labute approximate surface area is 193 Å². The molecule has 170 valence electrons. The van der Waals surface area contributed by atoms with E-state index in [0.29, 0.717) is 12.5 Å². The summed E-state index contributed by atoms with van der Waals surface area (Å²) in [6, 6.07) is -0.117. The standard InChI is InChI=1S/C19H31F2N7O.HI/c1-3-22-19(24-14-16-23-6-9-28(16)18(20)21)27-12-10-25(11-13-27)15(2)17(29)26-7-4-5-8-26;/h6,9,15,18H,3-5,7-8,10-14H2,1-2H3,(H,22,24);1H. The van der Waals surface area contributed by atoms with E-state index in [4.69, 9.17) is 0 Å². The van der Waals surface area contributed by atoms with E-state index in [0.717, 1.165) is 56.7 Å². The van der Waals surface area contributed by atoms with Crippen LogP contribution in [-0.4, -0.2) is 88.0 Å². The quantitative estimate of drug-likeness (QED) is 0.341. The van der Waals surface area contributed by atoms with Gasteiger partial charge in [-0.05, 0) is 26.7 Å². The number of piperazine rings is 1. The number of guanidine groups is 1. The van der Waals surface area contributed by atoms with Gasteiger partial charge in [0.1, 0.15) is 12.4 Å². The maximum Gasteiger partial charge on any atom is 0.319 e. The summed E-state index contributed by atoms with van der Waals surface area (Å²) in [6.45, 7) is 6.83. The van der Waals surface area contributed by atoms with Crippen LogP contribution in [0.25, 0.3) is 0 Å². The second kappa shape index (κ2) is 11.8. The molecule has 0 bridgehead atoms. The fraction of sp³-hybridized carbons (Fsp3) is 0.737. The van der Waals surface area contributed by atoms with Crippen LogP contribution in [0.4, 0.5) is 8.78 Å². The molecule has 2 saturated heterocycles. The molecule has 0 aromatic carbocycles. The minimum atomic E-state index is -2.62. The van der Waals surface area contributed by atoms with E-state index in [1.165, 1.54) is 12.4 Å². The molecule has 2 fully saturated rings. The lowest BCUT2D eigenvalue weighted by Gasteiger charge is -2.39. The van der Waals surface area contributed by atoms with Crippen LogP contribution >= 0.6 is 24.0 Å². The third-order valence-electron chi connectivity index (χ3n) is 5.60. The zero-order valence-electron chi connectivity index (χ0n) is 17.6. The highest BCUT2D eigenvalue weighted by molar-refractivity contribution is 14.0. The number of carbonyl (C=O) groups is 1. The SMILES string of the molecule is CCNC(=NCc1nccn1C(F)F)N1CCN(C(C)C(=O)N2CCCC2)CC1.I. The van der Waals surface area contributed by atoms with Crippen molar-refractivity contribution in [1.29, 1.82) is 0 Å². The first-order valence-electron chi connectivity index (χ1n) is 10.4. The second-order valence-electron chi connectivity index (χ2n) is 7.43. The Balaban J connectivity index is 0.00000320. The Morgan fingerprint density at radius 3 is 2.43 bits per heavy atom. The number of carbonyl (C=O) groups excluding carboxylic acids is 1. The zero-order valence-corrected chi connectivity index (χ0v) is 20.0. The predicted molar refractivity (Wildman–Crippen MR) is 122 cm³/mol. The van der Waals surface area contributed by atoms with Crippen molar-refractivity contribution in [2.45, 2.75) is 45.8 Å². The number of imidazole rings is 1. The molecule has 1 atom stereocenters. The van der Waals surface area contributed by atoms with Crippen molar-refractivity contribution in [2.24, 2.45) is 4.99 Å². The summed E-state index contributed by atoms with van der Waals surface area (Å²) in [6.07, 6.45) is 4.82.